The van der Waals surface area contributed by atoms with Gasteiger partial charge in [0, 0.05) is 22.7 Å². The van der Waals surface area contributed by atoms with Crippen LogP contribution in [0.3, 0.4) is 0 Å². The van der Waals surface area contributed by atoms with Gasteiger partial charge in [0.05, 0.1) is 5.56 Å². The zero-order chi connectivity index (χ0) is 12.4. The number of benzene rings is 1. The Morgan fingerprint density at radius 1 is 1.47 bits per heavy atom. The monoisotopic (exact) mass is 296 g/mol. The molecule has 1 heterocycles. The Morgan fingerprint density at radius 2 is 2.24 bits per heavy atom. The average molecular weight is 297 g/mol. The van der Waals surface area contributed by atoms with Gasteiger partial charge in [-0.1, -0.05) is 15.9 Å². The molecule has 92 valence electrons. The van der Waals surface area contributed by atoms with Crippen LogP contribution in [-0.2, 0) is 0 Å². The van der Waals surface area contributed by atoms with Crippen molar-refractivity contribution >= 4 is 27.5 Å². The number of halogens is 1. The van der Waals surface area contributed by atoms with Crippen LogP contribution in [0, 0.1) is 0 Å². The normalized spacial score (nSPS) is 20.4. The summed E-state index contributed by atoms with van der Waals surface area (Å²) in [5.74, 6) is 0.0576. The molecule has 17 heavy (non-hydrogen) atoms. The van der Waals surface area contributed by atoms with Gasteiger partial charge >= 0.3 is 0 Å². The Bertz CT molecular complexity index is 433. The molecule has 0 spiro atoms. The average Bonchev–Trinajstić information content (AvgIpc) is 2.29. The molecule has 1 saturated heterocycles. The summed E-state index contributed by atoms with van der Waals surface area (Å²) < 4.78 is 0.901. The van der Waals surface area contributed by atoms with E-state index < -0.39 is 0 Å². The number of hydrogen-bond acceptors (Lipinski definition) is 2. The summed E-state index contributed by atoms with van der Waals surface area (Å²) in [5.41, 5.74) is 7.05. The predicted octanol–water partition coefficient (Wildman–Crippen LogP) is 3.05. The number of nitrogens with zero attached hydrogens (tertiary/aromatic N) is 1. The molecule has 1 atom stereocenters. The number of nitrogens with two attached hydrogens (primary N) is 1. The fraction of sp³-hybridized carbons (Fsp3) is 0.462. The highest BCUT2D eigenvalue weighted by atomic mass is 79.9. The van der Waals surface area contributed by atoms with E-state index in [0.717, 1.165) is 23.9 Å². The summed E-state index contributed by atoms with van der Waals surface area (Å²) in [6.45, 7) is 2.95. The third kappa shape index (κ3) is 2.63. The van der Waals surface area contributed by atoms with Gasteiger partial charge in [-0.05, 0) is 44.4 Å². The van der Waals surface area contributed by atoms with Crippen LogP contribution in [0.5, 0.6) is 0 Å². The number of piperidine rings is 1. The molecule has 1 aromatic rings. The molecule has 3 nitrogen and oxygen atoms in total. The molecule has 1 aromatic carbocycles. The molecule has 4 heteroatoms. The van der Waals surface area contributed by atoms with Crippen molar-refractivity contribution in [2.45, 2.75) is 32.2 Å². The van der Waals surface area contributed by atoms with Gasteiger partial charge in [0.2, 0.25) is 0 Å². The van der Waals surface area contributed by atoms with Crippen LogP contribution in [0.2, 0.25) is 0 Å². The summed E-state index contributed by atoms with van der Waals surface area (Å²) in [5, 5.41) is 0. The Morgan fingerprint density at radius 3 is 2.88 bits per heavy atom. The molecule has 1 aliphatic heterocycles. The zero-order valence-corrected chi connectivity index (χ0v) is 11.5. The molecule has 2 rings (SSSR count). The molecule has 0 saturated carbocycles. The molecule has 0 aromatic heterocycles. The number of carbonyl (C=O) groups is 1. The van der Waals surface area contributed by atoms with Gasteiger partial charge in [-0.2, -0.15) is 0 Å². The molecule has 0 aliphatic carbocycles. The van der Waals surface area contributed by atoms with E-state index in [1.54, 1.807) is 12.1 Å². The number of rotatable bonds is 1. The third-order valence-electron chi connectivity index (χ3n) is 3.31. The van der Waals surface area contributed by atoms with Gasteiger partial charge in [0.25, 0.3) is 5.91 Å². The molecule has 1 aliphatic rings. The lowest BCUT2D eigenvalue weighted by molar-refractivity contribution is 0.0636. The van der Waals surface area contributed by atoms with Crippen LogP contribution in [0.25, 0.3) is 0 Å². The minimum atomic E-state index is 0.0576. The van der Waals surface area contributed by atoms with Gasteiger partial charge in [-0.15, -0.1) is 0 Å². The predicted molar refractivity (Wildman–Crippen MR) is 72.9 cm³/mol. The fourth-order valence-corrected chi connectivity index (χ4v) is 2.66. The maximum atomic E-state index is 12.4. The third-order valence-corrected chi connectivity index (χ3v) is 3.80. The Kier molecular flexibility index (Phi) is 3.72. The molecule has 1 fully saturated rings. The number of amides is 1. The van der Waals surface area contributed by atoms with Crippen LogP contribution in [0.1, 0.15) is 36.5 Å². The van der Waals surface area contributed by atoms with Gasteiger partial charge in [-0.3, -0.25) is 4.79 Å². The summed E-state index contributed by atoms with van der Waals surface area (Å²) in [7, 11) is 0. The van der Waals surface area contributed by atoms with E-state index in [-0.39, 0.29) is 5.91 Å². The maximum absolute atomic E-state index is 12.4. The summed E-state index contributed by atoms with van der Waals surface area (Å²) >= 11 is 3.35. The highest BCUT2D eigenvalue weighted by Gasteiger charge is 2.25. The number of anilines is 1. The highest BCUT2D eigenvalue weighted by molar-refractivity contribution is 9.10. The number of nitrogen functional groups attached to an aromatic ring is 1. The maximum Gasteiger partial charge on any atom is 0.256 e. The SMILES string of the molecule is CC1CCCCN1C(=O)c1ccc(Br)cc1N. The number of likely N-dealkylation sites (tertiary alicyclic amines) is 1. The number of carbonyl (C=O) groups excluding carboxylic acids is 1. The van der Waals surface area contributed by atoms with Crippen LogP contribution in [0.4, 0.5) is 5.69 Å². The molecule has 1 unspecified atom stereocenters. The lowest BCUT2D eigenvalue weighted by Gasteiger charge is -2.33. The summed E-state index contributed by atoms with van der Waals surface area (Å²) in [4.78, 5) is 14.3. The first-order valence-corrected chi connectivity index (χ1v) is 6.75. The fourth-order valence-electron chi connectivity index (χ4n) is 2.28. The van der Waals surface area contributed by atoms with Crippen LogP contribution < -0.4 is 5.73 Å². The van der Waals surface area contributed by atoms with Crippen molar-refractivity contribution in [2.24, 2.45) is 0 Å². The Balaban J connectivity index is 2.24. The first-order valence-electron chi connectivity index (χ1n) is 5.95. The van der Waals surface area contributed by atoms with Crippen molar-refractivity contribution in [1.82, 2.24) is 4.90 Å². The largest absolute Gasteiger partial charge is 0.398 e. The number of hydrogen-bond donors (Lipinski definition) is 1. The van der Waals surface area contributed by atoms with E-state index in [9.17, 15) is 4.79 Å². The van der Waals surface area contributed by atoms with E-state index in [4.69, 9.17) is 5.73 Å². The van der Waals surface area contributed by atoms with Crippen molar-refractivity contribution in [2.75, 3.05) is 12.3 Å². The molecule has 0 radical (unpaired) electrons. The highest BCUT2D eigenvalue weighted by Crippen LogP contribution is 2.24. The van der Waals surface area contributed by atoms with Gasteiger partial charge < -0.3 is 10.6 Å². The van der Waals surface area contributed by atoms with E-state index in [2.05, 4.69) is 22.9 Å². The smallest absolute Gasteiger partial charge is 0.256 e. The van der Waals surface area contributed by atoms with Crippen molar-refractivity contribution in [3.05, 3.63) is 28.2 Å². The molecule has 2 N–H and O–H groups in total. The van der Waals surface area contributed by atoms with Crippen LogP contribution in [-0.4, -0.2) is 23.4 Å². The van der Waals surface area contributed by atoms with Crippen molar-refractivity contribution in [3.63, 3.8) is 0 Å². The quantitative estimate of drug-likeness (QED) is 0.810. The van der Waals surface area contributed by atoms with E-state index in [1.165, 1.54) is 6.42 Å². The van der Waals surface area contributed by atoms with Crippen molar-refractivity contribution in [1.29, 1.82) is 0 Å². The van der Waals surface area contributed by atoms with E-state index >= 15 is 0 Å². The molecular weight excluding hydrogens is 280 g/mol. The van der Waals surface area contributed by atoms with Gasteiger partial charge in [0.1, 0.15) is 0 Å². The summed E-state index contributed by atoms with van der Waals surface area (Å²) in [6.07, 6.45) is 3.38. The van der Waals surface area contributed by atoms with Crippen LogP contribution in [0.15, 0.2) is 22.7 Å². The van der Waals surface area contributed by atoms with Crippen LogP contribution >= 0.6 is 15.9 Å². The van der Waals surface area contributed by atoms with E-state index in [0.29, 0.717) is 17.3 Å². The topological polar surface area (TPSA) is 46.3 Å². The lowest BCUT2D eigenvalue weighted by Crippen LogP contribution is -2.42. The van der Waals surface area contributed by atoms with Crippen molar-refractivity contribution < 1.29 is 4.79 Å². The minimum Gasteiger partial charge on any atom is -0.398 e. The zero-order valence-electron chi connectivity index (χ0n) is 9.95. The second-order valence-corrected chi connectivity index (χ2v) is 5.49. The minimum absolute atomic E-state index is 0.0576. The molecule has 1 amide bonds. The van der Waals surface area contributed by atoms with E-state index in [1.807, 2.05) is 11.0 Å². The second kappa shape index (κ2) is 5.08. The Hall–Kier alpha value is -1.03. The standard InChI is InChI=1S/C13H17BrN2O/c1-9-4-2-3-7-16(9)13(17)11-6-5-10(14)8-12(11)15/h5-6,8-9H,2-4,7,15H2,1H3. The summed E-state index contributed by atoms with van der Waals surface area (Å²) in [6, 6.07) is 5.75. The second-order valence-electron chi connectivity index (χ2n) is 4.57. The first kappa shape index (κ1) is 12.4. The van der Waals surface area contributed by atoms with Gasteiger partial charge in [0.15, 0.2) is 0 Å². The van der Waals surface area contributed by atoms with Gasteiger partial charge in [-0.25, -0.2) is 0 Å². The molecule has 0 bridgehead atoms. The van der Waals surface area contributed by atoms with Crippen molar-refractivity contribution in [3.8, 4) is 0 Å². The Labute approximate surface area is 110 Å². The first-order chi connectivity index (χ1) is 8.09. The lowest BCUT2D eigenvalue weighted by atomic mass is 10.0. The molecular formula is C13H17BrN2O.